The average molecular weight is 434 g/mol. The van der Waals surface area contributed by atoms with Gasteiger partial charge in [0.2, 0.25) is 0 Å². The van der Waals surface area contributed by atoms with E-state index in [1.165, 1.54) is 16.7 Å². The van der Waals surface area contributed by atoms with Crippen LogP contribution < -0.4 is 5.32 Å². The highest BCUT2D eigenvalue weighted by Crippen LogP contribution is 2.30. The van der Waals surface area contributed by atoms with Crippen molar-refractivity contribution in [1.82, 2.24) is 15.1 Å². The van der Waals surface area contributed by atoms with E-state index in [0.29, 0.717) is 19.6 Å². The number of nitrogens with zero attached hydrogens (tertiary/aromatic N) is 2. The lowest BCUT2D eigenvalue weighted by atomic mass is 9.96. The van der Waals surface area contributed by atoms with E-state index in [0.717, 1.165) is 23.7 Å². The van der Waals surface area contributed by atoms with Gasteiger partial charge in [-0.15, -0.1) is 0 Å². The van der Waals surface area contributed by atoms with Crippen molar-refractivity contribution >= 4 is 17.6 Å². The summed E-state index contributed by atoms with van der Waals surface area (Å²) in [5.74, 6) is 0. The van der Waals surface area contributed by atoms with E-state index in [9.17, 15) is 4.79 Å². The molecule has 3 aromatic carbocycles. The lowest BCUT2D eigenvalue weighted by molar-refractivity contribution is 0.120. The van der Waals surface area contributed by atoms with Crippen LogP contribution in [0.3, 0.4) is 0 Å². The highest BCUT2D eigenvalue weighted by Gasteiger charge is 2.28. The van der Waals surface area contributed by atoms with Crippen molar-refractivity contribution in [2.45, 2.75) is 19.5 Å². The van der Waals surface area contributed by atoms with Crippen LogP contribution in [0, 0.1) is 6.92 Å². The predicted molar refractivity (Wildman–Crippen MR) is 126 cm³/mol. The number of halogens is 1. The Morgan fingerprint density at radius 3 is 2.26 bits per heavy atom. The van der Waals surface area contributed by atoms with Gasteiger partial charge in [0, 0.05) is 37.7 Å². The number of piperazine rings is 1. The molecule has 160 valence electrons. The quantitative estimate of drug-likeness (QED) is 0.595. The number of aryl methyl sites for hydroxylation is 1. The number of benzene rings is 3. The molecule has 1 heterocycles. The van der Waals surface area contributed by atoms with Crippen molar-refractivity contribution in [2.24, 2.45) is 0 Å². The van der Waals surface area contributed by atoms with E-state index in [1.54, 1.807) is 0 Å². The second-order valence-electron chi connectivity index (χ2n) is 8.04. The number of carbonyl (C=O) groups is 1. The summed E-state index contributed by atoms with van der Waals surface area (Å²) in [6.45, 7) is 5.67. The number of hydrogen-bond acceptors (Lipinski definition) is 2. The Labute approximate surface area is 189 Å². The lowest BCUT2D eigenvalue weighted by Crippen LogP contribution is -2.52. The van der Waals surface area contributed by atoms with Gasteiger partial charge in [-0.05, 0) is 35.7 Å². The first-order valence-electron chi connectivity index (χ1n) is 10.7. The molecule has 1 aliphatic rings. The van der Waals surface area contributed by atoms with Crippen LogP contribution in [0.4, 0.5) is 4.79 Å². The zero-order valence-corrected chi connectivity index (χ0v) is 18.6. The second kappa shape index (κ2) is 9.99. The highest BCUT2D eigenvalue weighted by atomic mass is 35.5. The molecule has 0 spiro atoms. The fraction of sp³-hybridized carbons (Fsp3) is 0.269. The smallest absolute Gasteiger partial charge is 0.317 e. The molecule has 1 N–H and O–H groups in total. The Balaban J connectivity index is 1.40. The molecule has 0 saturated carbocycles. The maximum absolute atomic E-state index is 12.7. The first-order chi connectivity index (χ1) is 15.1. The van der Waals surface area contributed by atoms with E-state index in [-0.39, 0.29) is 12.1 Å². The minimum Gasteiger partial charge on any atom is -0.334 e. The fourth-order valence-electron chi connectivity index (χ4n) is 4.19. The zero-order chi connectivity index (χ0) is 21.6. The van der Waals surface area contributed by atoms with Crippen molar-refractivity contribution in [3.05, 3.63) is 106 Å². The van der Waals surface area contributed by atoms with Crippen molar-refractivity contribution in [3.8, 4) is 0 Å². The van der Waals surface area contributed by atoms with Crippen LogP contribution in [0.1, 0.15) is 28.3 Å². The molecule has 4 nitrogen and oxygen atoms in total. The van der Waals surface area contributed by atoms with Gasteiger partial charge in [0.15, 0.2) is 0 Å². The van der Waals surface area contributed by atoms with Crippen LogP contribution in [-0.4, -0.2) is 42.0 Å². The first kappa shape index (κ1) is 21.4. The predicted octanol–water partition coefficient (Wildman–Crippen LogP) is 5.27. The largest absolute Gasteiger partial charge is 0.334 e. The Bertz CT molecular complexity index is 999. The summed E-state index contributed by atoms with van der Waals surface area (Å²) in [7, 11) is 0. The molecular weight excluding hydrogens is 406 g/mol. The normalized spacial score (nSPS) is 15.5. The van der Waals surface area contributed by atoms with Gasteiger partial charge >= 0.3 is 6.03 Å². The van der Waals surface area contributed by atoms with Gasteiger partial charge in [-0.25, -0.2) is 4.79 Å². The Kier molecular flexibility index (Phi) is 6.90. The summed E-state index contributed by atoms with van der Waals surface area (Å²) in [5.41, 5.74) is 4.79. The molecule has 1 fully saturated rings. The van der Waals surface area contributed by atoms with Crippen LogP contribution in [0.5, 0.6) is 0 Å². The van der Waals surface area contributed by atoms with Crippen LogP contribution in [0.25, 0.3) is 0 Å². The van der Waals surface area contributed by atoms with Crippen molar-refractivity contribution < 1.29 is 4.79 Å². The van der Waals surface area contributed by atoms with Gasteiger partial charge < -0.3 is 10.2 Å². The summed E-state index contributed by atoms with van der Waals surface area (Å²) in [6.07, 6.45) is 0. The SMILES string of the molecule is Cc1cccc(CNC(=O)N2CCN([C@@H](c3ccccc3)c3ccc(Cl)cc3)CC2)c1. The summed E-state index contributed by atoms with van der Waals surface area (Å²) >= 11 is 6.12. The average Bonchev–Trinajstić information content (AvgIpc) is 2.80. The molecule has 1 aliphatic heterocycles. The van der Waals surface area contributed by atoms with Gasteiger partial charge in [-0.2, -0.15) is 0 Å². The molecule has 5 heteroatoms. The van der Waals surface area contributed by atoms with Gasteiger partial charge in [-0.1, -0.05) is 83.9 Å². The topological polar surface area (TPSA) is 35.6 Å². The molecule has 0 aromatic heterocycles. The molecule has 1 saturated heterocycles. The Morgan fingerprint density at radius 2 is 1.58 bits per heavy atom. The third-order valence-corrected chi connectivity index (χ3v) is 6.05. The molecule has 4 rings (SSSR count). The van der Waals surface area contributed by atoms with Crippen molar-refractivity contribution in [3.63, 3.8) is 0 Å². The van der Waals surface area contributed by atoms with Crippen LogP contribution in [0.15, 0.2) is 78.9 Å². The third-order valence-electron chi connectivity index (χ3n) is 5.79. The Morgan fingerprint density at radius 1 is 0.903 bits per heavy atom. The van der Waals surface area contributed by atoms with E-state index >= 15 is 0 Å². The number of carbonyl (C=O) groups excluding carboxylic acids is 1. The Hall–Kier alpha value is -2.82. The molecule has 2 amide bonds. The van der Waals surface area contributed by atoms with Crippen LogP contribution in [-0.2, 0) is 6.54 Å². The van der Waals surface area contributed by atoms with E-state index < -0.39 is 0 Å². The minimum absolute atomic E-state index is 0.00362. The summed E-state index contributed by atoms with van der Waals surface area (Å²) in [4.78, 5) is 17.1. The zero-order valence-electron chi connectivity index (χ0n) is 17.8. The van der Waals surface area contributed by atoms with E-state index in [4.69, 9.17) is 11.6 Å². The van der Waals surface area contributed by atoms with Gasteiger partial charge in [0.1, 0.15) is 0 Å². The minimum atomic E-state index is 0.00362. The van der Waals surface area contributed by atoms with E-state index in [1.807, 2.05) is 35.2 Å². The number of rotatable bonds is 5. The number of nitrogens with one attached hydrogen (secondary N) is 1. The maximum atomic E-state index is 12.7. The molecule has 0 radical (unpaired) electrons. The highest BCUT2D eigenvalue weighted by molar-refractivity contribution is 6.30. The third kappa shape index (κ3) is 5.46. The molecule has 0 aliphatic carbocycles. The standard InChI is InChI=1S/C26H28ClN3O/c1-20-6-5-7-21(18-20)19-28-26(31)30-16-14-29(15-17-30)25(22-8-3-2-4-9-22)23-10-12-24(27)13-11-23/h2-13,18,25H,14-17,19H2,1H3,(H,28,31)/t25-/m0/s1. The lowest BCUT2D eigenvalue weighted by Gasteiger charge is -2.39. The van der Waals surface area contributed by atoms with Gasteiger partial charge in [0.05, 0.1) is 6.04 Å². The molecular formula is C26H28ClN3O. The van der Waals surface area contributed by atoms with Crippen LogP contribution >= 0.6 is 11.6 Å². The molecule has 0 unspecified atom stereocenters. The number of amides is 2. The molecule has 31 heavy (non-hydrogen) atoms. The maximum Gasteiger partial charge on any atom is 0.317 e. The summed E-state index contributed by atoms with van der Waals surface area (Å²) in [5, 5.41) is 3.80. The van der Waals surface area contributed by atoms with Crippen molar-refractivity contribution in [2.75, 3.05) is 26.2 Å². The first-order valence-corrected chi connectivity index (χ1v) is 11.1. The molecule has 1 atom stereocenters. The van der Waals surface area contributed by atoms with Crippen LogP contribution in [0.2, 0.25) is 5.02 Å². The summed E-state index contributed by atoms with van der Waals surface area (Å²) in [6, 6.07) is 27.0. The summed E-state index contributed by atoms with van der Waals surface area (Å²) < 4.78 is 0. The fourth-order valence-corrected chi connectivity index (χ4v) is 4.32. The number of hydrogen-bond donors (Lipinski definition) is 1. The van der Waals surface area contributed by atoms with Gasteiger partial charge in [0.25, 0.3) is 0 Å². The van der Waals surface area contributed by atoms with Gasteiger partial charge in [-0.3, -0.25) is 4.90 Å². The van der Waals surface area contributed by atoms with Crippen molar-refractivity contribution in [1.29, 1.82) is 0 Å². The monoisotopic (exact) mass is 433 g/mol. The molecule has 0 bridgehead atoms. The molecule has 3 aromatic rings. The van der Waals surface area contributed by atoms with E-state index in [2.05, 4.69) is 65.7 Å². The number of urea groups is 1. The second-order valence-corrected chi connectivity index (χ2v) is 8.47.